The Kier molecular flexibility index (Phi) is 2.55. The van der Waals surface area contributed by atoms with E-state index in [1.54, 1.807) is 0 Å². The van der Waals surface area contributed by atoms with Crippen molar-refractivity contribution in [1.29, 1.82) is 0 Å². The molecule has 14 heavy (non-hydrogen) atoms. The Balaban J connectivity index is 1.83. The molecule has 1 aliphatic heterocycles. The standard InChI is InChI=1S/C9H15FO3S/c10-14(11,12)7-8-5-9(6-8)1-3-13-4-2-9/h8H,1-7H2. The third-order valence-electron chi connectivity index (χ3n) is 3.43. The Morgan fingerprint density at radius 1 is 1.29 bits per heavy atom. The van der Waals surface area contributed by atoms with Crippen molar-refractivity contribution in [1.82, 2.24) is 0 Å². The highest BCUT2D eigenvalue weighted by molar-refractivity contribution is 7.86. The van der Waals surface area contributed by atoms with Crippen molar-refractivity contribution in [3.8, 4) is 0 Å². The lowest BCUT2D eigenvalue weighted by Gasteiger charge is -2.49. The maximum atomic E-state index is 12.4. The van der Waals surface area contributed by atoms with Crippen LogP contribution in [0.5, 0.6) is 0 Å². The lowest BCUT2D eigenvalue weighted by atomic mass is 9.59. The Morgan fingerprint density at radius 2 is 1.86 bits per heavy atom. The van der Waals surface area contributed by atoms with Crippen molar-refractivity contribution < 1.29 is 17.0 Å². The minimum absolute atomic E-state index is 0.0445. The van der Waals surface area contributed by atoms with Gasteiger partial charge in [0.1, 0.15) is 0 Å². The Labute approximate surface area is 83.8 Å². The third-order valence-corrected chi connectivity index (χ3v) is 4.30. The van der Waals surface area contributed by atoms with E-state index in [1.807, 2.05) is 0 Å². The molecule has 0 atom stereocenters. The first kappa shape index (κ1) is 10.4. The molecule has 2 fully saturated rings. The van der Waals surface area contributed by atoms with Crippen LogP contribution < -0.4 is 0 Å². The van der Waals surface area contributed by atoms with Gasteiger partial charge in [-0.05, 0) is 37.0 Å². The first-order valence-electron chi connectivity index (χ1n) is 4.99. The predicted molar refractivity (Wildman–Crippen MR) is 50.1 cm³/mol. The van der Waals surface area contributed by atoms with Gasteiger partial charge in [0.15, 0.2) is 0 Å². The second kappa shape index (κ2) is 3.45. The van der Waals surface area contributed by atoms with E-state index in [2.05, 4.69) is 0 Å². The maximum Gasteiger partial charge on any atom is 0.302 e. The zero-order valence-corrected chi connectivity index (χ0v) is 8.85. The molecule has 0 aromatic carbocycles. The molecule has 1 heterocycles. The molecule has 2 rings (SSSR count). The normalized spacial score (nSPS) is 27.5. The zero-order chi connectivity index (χ0) is 10.2. The van der Waals surface area contributed by atoms with Gasteiger partial charge >= 0.3 is 10.2 Å². The van der Waals surface area contributed by atoms with Gasteiger partial charge in [-0.1, -0.05) is 0 Å². The summed E-state index contributed by atoms with van der Waals surface area (Å²) in [6.07, 6.45) is 3.74. The maximum absolute atomic E-state index is 12.4. The quantitative estimate of drug-likeness (QED) is 0.665. The monoisotopic (exact) mass is 222 g/mol. The Hall–Kier alpha value is -0.160. The van der Waals surface area contributed by atoms with Crippen molar-refractivity contribution in [3.05, 3.63) is 0 Å². The number of hydrogen-bond donors (Lipinski definition) is 0. The van der Waals surface area contributed by atoms with Crippen molar-refractivity contribution in [2.24, 2.45) is 11.3 Å². The fourth-order valence-electron chi connectivity index (χ4n) is 2.78. The summed E-state index contributed by atoms with van der Waals surface area (Å²) in [4.78, 5) is 0. The number of ether oxygens (including phenoxy) is 1. The molecule has 0 radical (unpaired) electrons. The van der Waals surface area contributed by atoms with E-state index in [1.165, 1.54) is 0 Å². The molecule has 0 amide bonds. The Bertz CT molecular complexity index is 298. The molecular formula is C9H15FO3S. The second-order valence-electron chi connectivity index (χ2n) is 4.59. The van der Waals surface area contributed by atoms with Crippen molar-refractivity contribution >= 4 is 10.2 Å². The first-order chi connectivity index (χ1) is 6.49. The van der Waals surface area contributed by atoms with Gasteiger partial charge in [-0.3, -0.25) is 0 Å². The molecule has 2 aliphatic rings. The number of halogens is 1. The highest BCUT2D eigenvalue weighted by Crippen LogP contribution is 2.52. The molecule has 1 aliphatic carbocycles. The number of hydrogen-bond acceptors (Lipinski definition) is 3. The van der Waals surface area contributed by atoms with Crippen LogP contribution in [0.15, 0.2) is 0 Å². The summed E-state index contributed by atoms with van der Waals surface area (Å²) in [6.45, 7) is 1.55. The SMILES string of the molecule is O=S(=O)(F)CC1CC2(CCOCC2)C1. The van der Waals surface area contributed by atoms with E-state index in [4.69, 9.17) is 4.74 Å². The van der Waals surface area contributed by atoms with E-state index in [9.17, 15) is 12.3 Å². The van der Waals surface area contributed by atoms with Gasteiger partial charge in [-0.2, -0.15) is 8.42 Å². The molecule has 0 unspecified atom stereocenters. The van der Waals surface area contributed by atoms with Crippen LogP contribution >= 0.6 is 0 Å². The lowest BCUT2D eigenvalue weighted by molar-refractivity contribution is -0.0532. The van der Waals surface area contributed by atoms with Gasteiger partial charge in [0, 0.05) is 13.2 Å². The molecule has 1 spiro atoms. The molecule has 0 bridgehead atoms. The summed E-state index contributed by atoms with van der Waals surface area (Å²) in [7, 11) is -4.27. The minimum Gasteiger partial charge on any atom is -0.381 e. The van der Waals surface area contributed by atoms with E-state index < -0.39 is 10.2 Å². The average Bonchev–Trinajstić information content (AvgIpc) is 2.00. The fraction of sp³-hybridized carbons (Fsp3) is 1.00. The summed E-state index contributed by atoms with van der Waals surface area (Å²) < 4.78 is 38.4. The molecule has 82 valence electrons. The van der Waals surface area contributed by atoms with Crippen molar-refractivity contribution in [2.45, 2.75) is 25.7 Å². The van der Waals surface area contributed by atoms with Crippen LogP contribution in [0.25, 0.3) is 0 Å². The fourth-order valence-corrected chi connectivity index (χ4v) is 3.58. The molecule has 1 saturated carbocycles. The molecule has 0 aromatic heterocycles. The van der Waals surface area contributed by atoms with Gasteiger partial charge in [0.2, 0.25) is 0 Å². The van der Waals surface area contributed by atoms with Crippen LogP contribution in [0.1, 0.15) is 25.7 Å². The largest absolute Gasteiger partial charge is 0.381 e. The van der Waals surface area contributed by atoms with Gasteiger partial charge in [-0.15, -0.1) is 3.89 Å². The van der Waals surface area contributed by atoms with Crippen LogP contribution in [-0.2, 0) is 15.0 Å². The molecule has 3 nitrogen and oxygen atoms in total. The van der Waals surface area contributed by atoms with Crippen LogP contribution in [0.3, 0.4) is 0 Å². The molecular weight excluding hydrogens is 207 g/mol. The highest BCUT2D eigenvalue weighted by atomic mass is 32.3. The Morgan fingerprint density at radius 3 is 2.36 bits per heavy atom. The predicted octanol–water partition coefficient (Wildman–Crippen LogP) is 1.49. The summed E-state index contributed by atoms with van der Waals surface area (Å²) in [5, 5.41) is 0. The molecule has 0 aromatic rings. The average molecular weight is 222 g/mol. The van der Waals surface area contributed by atoms with Crippen LogP contribution in [0, 0.1) is 11.3 Å². The highest BCUT2D eigenvalue weighted by Gasteiger charge is 2.46. The number of rotatable bonds is 2. The summed E-state index contributed by atoms with van der Waals surface area (Å²) in [6, 6.07) is 0. The first-order valence-corrected chi connectivity index (χ1v) is 6.55. The van der Waals surface area contributed by atoms with Gasteiger partial charge in [0.25, 0.3) is 0 Å². The van der Waals surface area contributed by atoms with E-state index in [-0.39, 0.29) is 17.1 Å². The zero-order valence-electron chi connectivity index (χ0n) is 8.04. The third kappa shape index (κ3) is 2.25. The summed E-state index contributed by atoms with van der Waals surface area (Å²) >= 11 is 0. The topological polar surface area (TPSA) is 43.4 Å². The minimum atomic E-state index is -4.27. The molecule has 5 heteroatoms. The van der Waals surface area contributed by atoms with Crippen LogP contribution in [0.2, 0.25) is 0 Å². The van der Waals surface area contributed by atoms with Crippen molar-refractivity contribution in [2.75, 3.05) is 19.0 Å². The van der Waals surface area contributed by atoms with Crippen LogP contribution in [-0.4, -0.2) is 27.4 Å². The van der Waals surface area contributed by atoms with Crippen molar-refractivity contribution in [3.63, 3.8) is 0 Å². The van der Waals surface area contributed by atoms with Gasteiger partial charge in [0.05, 0.1) is 5.75 Å². The molecule has 0 N–H and O–H groups in total. The van der Waals surface area contributed by atoms with Crippen LogP contribution in [0.4, 0.5) is 3.89 Å². The lowest BCUT2D eigenvalue weighted by Crippen LogP contribution is -2.43. The van der Waals surface area contributed by atoms with E-state index in [0.717, 1.165) is 38.9 Å². The molecule has 1 saturated heterocycles. The van der Waals surface area contributed by atoms with Gasteiger partial charge < -0.3 is 4.74 Å². The van der Waals surface area contributed by atoms with E-state index >= 15 is 0 Å². The van der Waals surface area contributed by atoms with Gasteiger partial charge in [-0.25, -0.2) is 0 Å². The smallest absolute Gasteiger partial charge is 0.302 e. The summed E-state index contributed by atoms with van der Waals surface area (Å²) in [5.74, 6) is -0.238. The van der Waals surface area contributed by atoms with E-state index in [0.29, 0.717) is 0 Å². The summed E-state index contributed by atoms with van der Waals surface area (Å²) in [5.41, 5.74) is 0.285. The second-order valence-corrected chi connectivity index (χ2v) is 6.00.